The molecule has 0 radical (unpaired) electrons. The highest BCUT2D eigenvalue weighted by Crippen LogP contribution is 2.23. The smallest absolute Gasteiger partial charge is 0.410 e. The molecule has 0 atom stereocenters. The van der Waals surface area contributed by atoms with E-state index in [1.165, 1.54) is 5.57 Å². The Labute approximate surface area is 124 Å². The summed E-state index contributed by atoms with van der Waals surface area (Å²) >= 11 is 5.78. The van der Waals surface area contributed by atoms with Gasteiger partial charge in [0.25, 0.3) is 0 Å². The van der Waals surface area contributed by atoms with Crippen molar-refractivity contribution in [3.05, 3.63) is 35.1 Å². The summed E-state index contributed by atoms with van der Waals surface area (Å²) in [6.45, 7) is 6.83. The summed E-state index contributed by atoms with van der Waals surface area (Å²) in [6, 6.07) is 3.72. The summed E-state index contributed by atoms with van der Waals surface area (Å²) in [4.78, 5) is 17.7. The molecule has 2 rings (SSSR count). The molecular formula is C15H19ClN2O2. The van der Waals surface area contributed by atoms with Gasteiger partial charge in [-0.1, -0.05) is 23.7 Å². The van der Waals surface area contributed by atoms with E-state index in [9.17, 15) is 4.79 Å². The molecule has 5 heteroatoms. The molecule has 2 heterocycles. The van der Waals surface area contributed by atoms with Gasteiger partial charge in [0.15, 0.2) is 0 Å². The topological polar surface area (TPSA) is 42.4 Å². The number of ether oxygens (including phenoxy) is 1. The lowest BCUT2D eigenvalue weighted by Gasteiger charge is -2.29. The summed E-state index contributed by atoms with van der Waals surface area (Å²) in [5.74, 6) is 0. The number of aromatic nitrogens is 1. The van der Waals surface area contributed by atoms with Crippen LogP contribution in [0.4, 0.5) is 4.79 Å². The zero-order valence-corrected chi connectivity index (χ0v) is 12.8. The molecule has 0 bridgehead atoms. The van der Waals surface area contributed by atoms with E-state index in [0.717, 1.165) is 12.0 Å². The molecule has 1 aromatic heterocycles. The van der Waals surface area contributed by atoms with Crippen LogP contribution >= 0.6 is 11.6 Å². The number of hydrogen-bond acceptors (Lipinski definition) is 3. The summed E-state index contributed by atoms with van der Waals surface area (Å²) in [7, 11) is 0. The molecule has 0 fully saturated rings. The van der Waals surface area contributed by atoms with Crippen LogP contribution in [-0.4, -0.2) is 34.7 Å². The molecule has 108 valence electrons. The first-order valence-electron chi connectivity index (χ1n) is 6.64. The average molecular weight is 295 g/mol. The fraction of sp³-hybridized carbons (Fsp3) is 0.467. The first kappa shape index (κ1) is 14.9. The lowest BCUT2D eigenvalue weighted by molar-refractivity contribution is 0.0270. The van der Waals surface area contributed by atoms with Gasteiger partial charge in [0.1, 0.15) is 10.8 Å². The van der Waals surface area contributed by atoms with Crippen LogP contribution in [0.1, 0.15) is 32.8 Å². The Bertz CT molecular complexity index is 518. The van der Waals surface area contributed by atoms with Gasteiger partial charge in [-0.05, 0) is 44.4 Å². The van der Waals surface area contributed by atoms with Crippen LogP contribution < -0.4 is 0 Å². The van der Waals surface area contributed by atoms with Gasteiger partial charge in [-0.25, -0.2) is 9.78 Å². The first-order chi connectivity index (χ1) is 9.35. The molecule has 0 spiro atoms. The second-order valence-corrected chi connectivity index (χ2v) is 6.16. The second kappa shape index (κ2) is 5.83. The molecule has 20 heavy (non-hydrogen) atoms. The molecule has 1 aromatic rings. The third-order valence-electron chi connectivity index (χ3n) is 2.96. The SMILES string of the molecule is CC(C)(C)OC(=O)N1CC=C(c2ccc(Cl)nc2)CC1. The number of hydrogen-bond donors (Lipinski definition) is 0. The summed E-state index contributed by atoms with van der Waals surface area (Å²) in [5.41, 5.74) is 1.79. The van der Waals surface area contributed by atoms with E-state index in [0.29, 0.717) is 18.2 Å². The number of amides is 1. The van der Waals surface area contributed by atoms with Crippen molar-refractivity contribution in [2.75, 3.05) is 13.1 Å². The Balaban J connectivity index is 2.00. The fourth-order valence-electron chi connectivity index (χ4n) is 1.99. The Morgan fingerprint density at radius 1 is 1.40 bits per heavy atom. The predicted octanol–water partition coefficient (Wildman–Crippen LogP) is 3.76. The molecule has 0 N–H and O–H groups in total. The van der Waals surface area contributed by atoms with E-state index in [4.69, 9.17) is 16.3 Å². The highest BCUT2D eigenvalue weighted by Gasteiger charge is 2.23. The van der Waals surface area contributed by atoms with Gasteiger partial charge >= 0.3 is 6.09 Å². The molecule has 1 aliphatic rings. The molecule has 0 saturated heterocycles. The lowest BCUT2D eigenvalue weighted by Crippen LogP contribution is -2.39. The van der Waals surface area contributed by atoms with E-state index < -0.39 is 5.60 Å². The van der Waals surface area contributed by atoms with Crippen molar-refractivity contribution in [3.63, 3.8) is 0 Å². The minimum Gasteiger partial charge on any atom is -0.444 e. The van der Waals surface area contributed by atoms with Gasteiger partial charge in [-0.15, -0.1) is 0 Å². The van der Waals surface area contributed by atoms with Crippen LogP contribution in [0, 0.1) is 0 Å². The number of rotatable bonds is 1. The quantitative estimate of drug-likeness (QED) is 0.741. The van der Waals surface area contributed by atoms with Gasteiger partial charge in [-0.3, -0.25) is 0 Å². The molecule has 1 aliphatic heterocycles. The molecular weight excluding hydrogens is 276 g/mol. The van der Waals surface area contributed by atoms with Crippen LogP contribution in [0.25, 0.3) is 5.57 Å². The van der Waals surface area contributed by atoms with E-state index in [-0.39, 0.29) is 6.09 Å². The molecule has 0 aromatic carbocycles. The van der Waals surface area contributed by atoms with Crippen molar-refractivity contribution in [1.82, 2.24) is 9.88 Å². The Morgan fingerprint density at radius 2 is 2.15 bits per heavy atom. The van der Waals surface area contributed by atoms with Crippen molar-refractivity contribution in [3.8, 4) is 0 Å². The zero-order chi connectivity index (χ0) is 14.8. The molecule has 0 saturated carbocycles. The number of halogens is 1. The number of carbonyl (C=O) groups excluding carboxylic acids is 1. The first-order valence-corrected chi connectivity index (χ1v) is 7.02. The van der Waals surface area contributed by atoms with Crippen LogP contribution in [0.5, 0.6) is 0 Å². The van der Waals surface area contributed by atoms with Crippen molar-refractivity contribution < 1.29 is 9.53 Å². The Morgan fingerprint density at radius 3 is 2.65 bits per heavy atom. The number of nitrogens with zero attached hydrogens (tertiary/aromatic N) is 2. The highest BCUT2D eigenvalue weighted by atomic mass is 35.5. The zero-order valence-electron chi connectivity index (χ0n) is 12.0. The number of pyridine rings is 1. The summed E-state index contributed by atoms with van der Waals surface area (Å²) in [6.07, 6.45) is 4.33. The third-order valence-corrected chi connectivity index (χ3v) is 3.18. The van der Waals surface area contributed by atoms with Crippen LogP contribution in [0.2, 0.25) is 5.15 Å². The van der Waals surface area contributed by atoms with Crippen molar-refractivity contribution in [1.29, 1.82) is 0 Å². The van der Waals surface area contributed by atoms with E-state index in [1.54, 1.807) is 17.2 Å². The maximum Gasteiger partial charge on any atom is 0.410 e. The normalized spacial score (nSPS) is 15.8. The highest BCUT2D eigenvalue weighted by molar-refractivity contribution is 6.29. The monoisotopic (exact) mass is 294 g/mol. The number of carbonyl (C=O) groups is 1. The maximum absolute atomic E-state index is 11.9. The van der Waals surface area contributed by atoms with E-state index in [2.05, 4.69) is 4.98 Å². The van der Waals surface area contributed by atoms with Crippen LogP contribution in [-0.2, 0) is 4.74 Å². The van der Waals surface area contributed by atoms with Gasteiger partial charge in [0.05, 0.1) is 0 Å². The molecule has 0 aliphatic carbocycles. The van der Waals surface area contributed by atoms with Crippen LogP contribution in [0.3, 0.4) is 0 Å². The van der Waals surface area contributed by atoms with Gasteiger partial charge in [0.2, 0.25) is 0 Å². The lowest BCUT2D eigenvalue weighted by atomic mass is 10.0. The molecule has 1 amide bonds. The van der Waals surface area contributed by atoms with Crippen molar-refractivity contribution in [2.45, 2.75) is 32.8 Å². The summed E-state index contributed by atoms with van der Waals surface area (Å²) in [5, 5.41) is 0.487. The average Bonchev–Trinajstić information content (AvgIpc) is 2.38. The largest absolute Gasteiger partial charge is 0.444 e. The van der Waals surface area contributed by atoms with Gasteiger partial charge in [-0.2, -0.15) is 0 Å². The minimum atomic E-state index is -0.457. The molecule has 4 nitrogen and oxygen atoms in total. The van der Waals surface area contributed by atoms with E-state index in [1.807, 2.05) is 32.9 Å². The Kier molecular flexibility index (Phi) is 4.33. The second-order valence-electron chi connectivity index (χ2n) is 5.78. The third kappa shape index (κ3) is 3.97. The van der Waals surface area contributed by atoms with Gasteiger partial charge < -0.3 is 9.64 Å². The van der Waals surface area contributed by atoms with Crippen molar-refractivity contribution in [2.24, 2.45) is 0 Å². The fourth-order valence-corrected chi connectivity index (χ4v) is 2.10. The molecule has 0 unspecified atom stereocenters. The van der Waals surface area contributed by atoms with Crippen LogP contribution in [0.15, 0.2) is 24.4 Å². The Hall–Kier alpha value is -1.55. The van der Waals surface area contributed by atoms with Gasteiger partial charge in [0, 0.05) is 19.3 Å². The standard InChI is InChI=1S/C15H19ClN2O2/c1-15(2,3)20-14(19)18-8-6-11(7-9-18)12-4-5-13(16)17-10-12/h4-6,10H,7-9H2,1-3H3. The van der Waals surface area contributed by atoms with Crippen molar-refractivity contribution >= 4 is 23.3 Å². The summed E-state index contributed by atoms with van der Waals surface area (Å²) < 4.78 is 5.36. The predicted molar refractivity (Wildman–Crippen MR) is 79.6 cm³/mol. The maximum atomic E-state index is 11.9. The minimum absolute atomic E-state index is 0.262. The van der Waals surface area contributed by atoms with E-state index >= 15 is 0 Å².